The summed E-state index contributed by atoms with van der Waals surface area (Å²) in [5, 5.41) is 3.28. The summed E-state index contributed by atoms with van der Waals surface area (Å²) in [6.45, 7) is 3.69. The molecule has 8 nitrogen and oxygen atoms in total. The lowest BCUT2D eigenvalue weighted by Gasteiger charge is -2.33. The molecular weight excluding hydrogens is 573 g/mol. The van der Waals surface area contributed by atoms with Crippen LogP contribution < -0.4 is 14.4 Å². The molecule has 0 aliphatic carbocycles. The van der Waals surface area contributed by atoms with Gasteiger partial charge in [0.2, 0.25) is 11.8 Å². The van der Waals surface area contributed by atoms with Crippen molar-refractivity contribution in [1.29, 1.82) is 0 Å². The highest BCUT2D eigenvalue weighted by atomic mass is 35.5. The second-order valence-corrected chi connectivity index (χ2v) is 11.8. The third-order valence-corrected chi connectivity index (χ3v) is 8.42. The van der Waals surface area contributed by atoms with E-state index in [0.29, 0.717) is 18.7 Å². The smallest absolute Gasteiger partial charge is 0.264 e. The molecule has 0 fully saturated rings. The maximum absolute atomic E-state index is 14.0. The second-order valence-electron chi connectivity index (χ2n) is 9.04. The number of amides is 2. The molecule has 3 rings (SSSR count). The highest BCUT2D eigenvalue weighted by Gasteiger charge is 2.33. The minimum atomic E-state index is -4.21. The molecule has 11 heteroatoms. The maximum Gasteiger partial charge on any atom is 0.264 e. The van der Waals surface area contributed by atoms with Gasteiger partial charge in [0.05, 0.1) is 17.7 Å². The molecule has 40 heavy (non-hydrogen) atoms. The van der Waals surface area contributed by atoms with Crippen LogP contribution in [-0.4, -0.2) is 51.4 Å². The van der Waals surface area contributed by atoms with E-state index in [1.165, 1.54) is 35.2 Å². The van der Waals surface area contributed by atoms with E-state index in [4.69, 9.17) is 27.9 Å². The van der Waals surface area contributed by atoms with Crippen LogP contribution in [0.5, 0.6) is 5.75 Å². The summed E-state index contributed by atoms with van der Waals surface area (Å²) in [6.07, 6.45) is 1.05. The Morgan fingerprint density at radius 1 is 0.950 bits per heavy atom. The quantitative estimate of drug-likeness (QED) is 0.276. The Kier molecular flexibility index (Phi) is 11.2. The molecule has 0 aromatic heterocycles. The van der Waals surface area contributed by atoms with Crippen molar-refractivity contribution in [2.45, 2.75) is 44.2 Å². The van der Waals surface area contributed by atoms with Crippen LogP contribution in [0, 0.1) is 0 Å². The minimum Gasteiger partial charge on any atom is -0.497 e. The number of methoxy groups -OCH3 is 1. The predicted octanol–water partition coefficient (Wildman–Crippen LogP) is 5.53. The predicted molar refractivity (Wildman–Crippen MR) is 158 cm³/mol. The molecule has 0 saturated carbocycles. The molecule has 0 saturated heterocycles. The van der Waals surface area contributed by atoms with E-state index in [-0.39, 0.29) is 33.1 Å². The molecule has 214 valence electrons. The fraction of sp³-hybridized carbons (Fsp3) is 0.310. The van der Waals surface area contributed by atoms with Gasteiger partial charge in [-0.1, -0.05) is 67.4 Å². The Morgan fingerprint density at radius 2 is 1.57 bits per heavy atom. The lowest BCUT2D eigenvalue weighted by molar-refractivity contribution is -0.140. The number of ether oxygens (including phenoxy) is 1. The first-order chi connectivity index (χ1) is 19.1. The summed E-state index contributed by atoms with van der Waals surface area (Å²) in [7, 11) is -2.66. The zero-order valence-corrected chi connectivity index (χ0v) is 25.0. The van der Waals surface area contributed by atoms with Gasteiger partial charge in [-0.2, -0.15) is 0 Å². The molecule has 3 aromatic rings. The fourth-order valence-corrected chi connectivity index (χ4v) is 6.08. The third-order valence-electron chi connectivity index (χ3n) is 6.19. The standard InChI is InChI=1S/C29H33Cl2N3O5S/c1-4-15-32-29(36)27(5-2)33(19-21-11-13-25(39-3)14-12-21)28(35)20-34(24-17-22(30)16-23(31)18-24)40(37,38)26-9-7-6-8-10-26/h6-14,16-18,27H,4-5,15,19-20H2,1-3H3,(H,32,36)/t27-/m0/s1. The van der Waals surface area contributed by atoms with Gasteiger partial charge >= 0.3 is 0 Å². The number of rotatable bonds is 13. The molecular formula is C29H33Cl2N3O5S. The molecule has 0 bridgehead atoms. The van der Waals surface area contributed by atoms with E-state index < -0.39 is 28.5 Å². The molecule has 0 aliphatic rings. The maximum atomic E-state index is 14.0. The van der Waals surface area contributed by atoms with E-state index in [1.807, 2.05) is 6.92 Å². The molecule has 0 heterocycles. The van der Waals surface area contributed by atoms with Gasteiger partial charge in [-0.3, -0.25) is 13.9 Å². The third kappa shape index (κ3) is 7.90. The molecule has 2 amide bonds. The van der Waals surface area contributed by atoms with Crippen LogP contribution in [0.3, 0.4) is 0 Å². The first kappa shape index (κ1) is 31.3. The summed E-state index contributed by atoms with van der Waals surface area (Å²) in [4.78, 5) is 28.6. The zero-order valence-electron chi connectivity index (χ0n) is 22.6. The van der Waals surface area contributed by atoms with Crippen LogP contribution in [0.25, 0.3) is 0 Å². The molecule has 0 aliphatic heterocycles. The number of carbonyl (C=O) groups excluding carboxylic acids is 2. The van der Waals surface area contributed by atoms with Gasteiger partial charge in [-0.05, 0) is 60.9 Å². The van der Waals surface area contributed by atoms with Gasteiger partial charge in [-0.25, -0.2) is 8.42 Å². The number of hydrogen-bond acceptors (Lipinski definition) is 5. The van der Waals surface area contributed by atoms with Crippen LogP contribution in [0.1, 0.15) is 32.3 Å². The zero-order chi connectivity index (χ0) is 29.3. The first-order valence-electron chi connectivity index (χ1n) is 12.8. The van der Waals surface area contributed by atoms with E-state index in [1.54, 1.807) is 56.5 Å². The summed E-state index contributed by atoms with van der Waals surface area (Å²) < 4.78 is 33.9. The van der Waals surface area contributed by atoms with Crippen LogP contribution in [0.4, 0.5) is 5.69 Å². The van der Waals surface area contributed by atoms with E-state index in [9.17, 15) is 18.0 Å². The summed E-state index contributed by atoms with van der Waals surface area (Å²) in [6, 6.07) is 18.4. The van der Waals surface area contributed by atoms with Crippen molar-refractivity contribution in [3.63, 3.8) is 0 Å². The van der Waals surface area contributed by atoms with Crippen LogP contribution in [0.2, 0.25) is 10.0 Å². The largest absolute Gasteiger partial charge is 0.497 e. The number of sulfonamides is 1. The summed E-state index contributed by atoms with van der Waals surface area (Å²) in [5.74, 6) is -0.230. The number of nitrogens with one attached hydrogen (secondary N) is 1. The van der Waals surface area contributed by atoms with Gasteiger partial charge in [0.15, 0.2) is 0 Å². The van der Waals surface area contributed by atoms with Crippen LogP contribution in [-0.2, 0) is 26.2 Å². The number of hydrogen-bond donors (Lipinski definition) is 1. The molecule has 1 N–H and O–H groups in total. The van der Waals surface area contributed by atoms with Gasteiger partial charge in [0.25, 0.3) is 10.0 Å². The van der Waals surface area contributed by atoms with E-state index in [0.717, 1.165) is 16.3 Å². The van der Waals surface area contributed by atoms with Crippen molar-refractivity contribution in [2.24, 2.45) is 0 Å². The summed E-state index contributed by atoms with van der Waals surface area (Å²) >= 11 is 12.4. The van der Waals surface area contributed by atoms with Crippen molar-refractivity contribution < 1.29 is 22.7 Å². The minimum absolute atomic E-state index is 0.00617. The number of anilines is 1. The Labute approximate surface area is 245 Å². The lowest BCUT2D eigenvalue weighted by atomic mass is 10.1. The monoisotopic (exact) mass is 605 g/mol. The number of nitrogens with zero attached hydrogens (tertiary/aromatic N) is 2. The van der Waals surface area contributed by atoms with Crippen molar-refractivity contribution in [3.05, 3.63) is 88.4 Å². The van der Waals surface area contributed by atoms with Gasteiger partial charge in [0.1, 0.15) is 18.3 Å². The molecule has 0 spiro atoms. The van der Waals surface area contributed by atoms with Crippen molar-refractivity contribution in [1.82, 2.24) is 10.2 Å². The SMILES string of the molecule is CCCNC(=O)[C@H](CC)N(Cc1ccc(OC)cc1)C(=O)CN(c1cc(Cl)cc(Cl)c1)S(=O)(=O)c1ccccc1. The molecule has 0 unspecified atom stereocenters. The number of halogens is 2. The first-order valence-corrected chi connectivity index (χ1v) is 15.0. The van der Waals surface area contributed by atoms with E-state index >= 15 is 0 Å². The Morgan fingerprint density at radius 3 is 2.12 bits per heavy atom. The molecule has 0 radical (unpaired) electrons. The number of carbonyl (C=O) groups is 2. The van der Waals surface area contributed by atoms with E-state index in [2.05, 4.69) is 5.32 Å². The second kappa shape index (κ2) is 14.4. The normalized spacial score (nSPS) is 11.9. The Balaban J connectivity index is 2.06. The van der Waals surface area contributed by atoms with Crippen molar-refractivity contribution in [3.8, 4) is 5.75 Å². The average molecular weight is 607 g/mol. The van der Waals surface area contributed by atoms with Gasteiger partial charge < -0.3 is 15.0 Å². The number of benzene rings is 3. The van der Waals surface area contributed by atoms with Gasteiger partial charge in [-0.15, -0.1) is 0 Å². The van der Waals surface area contributed by atoms with Crippen LogP contribution in [0.15, 0.2) is 77.7 Å². The highest BCUT2D eigenvalue weighted by Crippen LogP contribution is 2.30. The summed E-state index contributed by atoms with van der Waals surface area (Å²) in [5.41, 5.74) is 0.877. The lowest BCUT2D eigenvalue weighted by Crippen LogP contribution is -2.52. The topological polar surface area (TPSA) is 96.0 Å². The van der Waals surface area contributed by atoms with Crippen molar-refractivity contribution in [2.75, 3.05) is 24.5 Å². The molecule has 3 aromatic carbocycles. The Hall–Kier alpha value is -3.27. The average Bonchev–Trinajstić information content (AvgIpc) is 2.94. The Bertz CT molecular complexity index is 1380. The van der Waals surface area contributed by atoms with Crippen molar-refractivity contribution >= 4 is 50.7 Å². The fourth-order valence-electron chi connectivity index (χ4n) is 4.14. The molecule has 1 atom stereocenters. The highest BCUT2D eigenvalue weighted by molar-refractivity contribution is 7.92. The van der Waals surface area contributed by atoms with Crippen LogP contribution >= 0.6 is 23.2 Å². The van der Waals surface area contributed by atoms with Gasteiger partial charge in [0, 0.05) is 23.1 Å².